The molecule has 0 saturated carbocycles. The van der Waals surface area contributed by atoms with Gasteiger partial charge in [0.2, 0.25) is 5.95 Å². The molecule has 19 heavy (non-hydrogen) atoms. The summed E-state index contributed by atoms with van der Waals surface area (Å²) >= 11 is 0. The molecule has 0 atom stereocenters. The molecule has 0 aliphatic carbocycles. The first kappa shape index (κ1) is 12.6. The predicted octanol–water partition coefficient (Wildman–Crippen LogP) is 2.17. The molecule has 1 heterocycles. The Bertz CT molecular complexity index is 670. The fraction of sp³-hybridized carbons (Fsp3) is 0.0714. The number of nitrogens with two attached hydrogens (primary N) is 1. The number of terminal acetylenes is 1. The van der Waals surface area contributed by atoms with Crippen LogP contribution in [0.15, 0.2) is 30.5 Å². The Balaban J connectivity index is 2.43. The van der Waals surface area contributed by atoms with Crippen LogP contribution in [-0.2, 0) is 0 Å². The summed E-state index contributed by atoms with van der Waals surface area (Å²) in [5.74, 6) is 3.31. The van der Waals surface area contributed by atoms with Crippen molar-refractivity contribution in [1.29, 1.82) is 5.41 Å². The van der Waals surface area contributed by atoms with E-state index >= 15 is 0 Å². The summed E-state index contributed by atoms with van der Waals surface area (Å²) in [4.78, 5) is 7.88. The first-order valence-electron chi connectivity index (χ1n) is 5.62. The SMILES string of the molecule is C#Cc1ccc(C(C)=N)c(Nc2ccnc(N)n2)c1. The van der Waals surface area contributed by atoms with Crippen molar-refractivity contribution in [2.45, 2.75) is 6.92 Å². The molecule has 5 heteroatoms. The van der Waals surface area contributed by atoms with Gasteiger partial charge in [0.15, 0.2) is 0 Å². The minimum atomic E-state index is 0.186. The maximum Gasteiger partial charge on any atom is 0.221 e. The van der Waals surface area contributed by atoms with Gasteiger partial charge in [0.25, 0.3) is 0 Å². The van der Waals surface area contributed by atoms with Crippen LogP contribution in [0.4, 0.5) is 17.5 Å². The third-order valence-electron chi connectivity index (χ3n) is 2.53. The molecule has 2 rings (SSSR count). The van der Waals surface area contributed by atoms with E-state index in [0.717, 1.165) is 16.8 Å². The summed E-state index contributed by atoms with van der Waals surface area (Å²) in [6.45, 7) is 1.71. The minimum Gasteiger partial charge on any atom is -0.368 e. The van der Waals surface area contributed by atoms with Crippen molar-refractivity contribution >= 4 is 23.2 Å². The van der Waals surface area contributed by atoms with E-state index in [1.54, 1.807) is 31.3 Å². The van der Waals surface area contributed by atoms with Crippen LogP contribution in [0.2, 0.25) is 0 Å². The second kappa shape index (κ2) is 5.19. The Morgan fingerprint density at radius 1 is 1.42 bits per heavy atom. The van der Waals surface area contributed by atoms with Gasteiger partial charge in [0.1, 0.15) is 5.82 Å². The van der Waals surface area contributed by atoms with Crippen molar-refractivity contribution in [3.05, 3.63) is 41.6 Å². The van der Waals surface area contributed by atoms with E-state index in [2.05, 4.69) is 21.2 Å². The number of benzene rings is 1. The zero-order valence-electron chi connectivity index (χ0n) is 10.4. The van der Waals surface area contributed by atoms with E-state index in [1.165, 1.54) is 0 Å². The lowest BCUT2D eigenvalue weighted by Crippen LogP contribution is -2.03. The van der Waals surface area contributed by atoms with Crippen molar-refractivity contribution < 1.29 is 0 Å². The number of hydrogen-bond acceptors (Lipinski definition) is 5. The van der Waals surface area contributed by atoms with Gasteiger partial charge in [-0.1, -0.05) is 5.92 Å². The van der Waals surface area contributed by atoms with E-state index in [4.69, 9.17) is 17.6 Å². The second-order valence-electron chi connectivity index (χ2n) is 3.95. The third kappa shape index (κ3) is 2.87. The lowest BCUT2D eigenvalue weighted by molar-refractivity contribution is 1.18. The number of nitrogens with one attached hydrogen (secondary N) is 2. The highest BCUT2D eigenvalue weighted by Crippen LogP contribution is 2.22. The fourth-order valence-corrected chi connectivity index (χ4v) is 1.65. The maximum atomic E-state index is 7.76. The van der Waals surface area contributed by atoms with Gasteiger partial charge in [-0.3, -0.25) is 0 Å². The van der Waals surface area contributed by atoms with Gasteiger partial charge in [-0.15, -0.1) is 6.42 Å². The van der Waals surface area contributed by atoms with Crippen LogP contribution in [0.25, 0.3) is 0 Å². The van der Waals surface area contributed by atoms with Crippen LogP contribution < -0.4 is 11.1 Å². The Hall–Kier alpha value is -2.87. The number of nitrogens with zero attached hydrogens (tertiary/aromatic N) is 2. The van der Waals surface area contributed by atoms with Gasteiger partial charge in [-0.05, 0) is 31.2 Å². The predicted molar refractivity (Wildman–Crippen MR) is 76.6 cm³/mol. The normalized spacial score (nSPS) is 9.68. The first-order chi connectivity index (χ1) is 9.10. The molecule has 1 aromatic heterocycles. The Morgan fingerprint density at radius 3 is 2.84 bits per heavy atom. The van der Waals surface area contributed by atoms with Crippen LogP contribution in [0, 0.1) is 17.8 Å². The molecule has 0 saturated heterocycles. The molecule has 2 aromatic rings. The van der Waals surface area contributed by atoms with E-state index in [0.29, 0.717) is 11.5 Å². The van der Waals surface area contributed by atoms with Crippen molar-refractivity contribution in [1.82, 2.24) is 9.97 Å². The molecule has 0 fully saturated rings. The number of nitrogen functional groups attached to an aromatic ring is 1. The summed E-state index contributed by atoms with van der Waals surface area (Å²) in [6.07, 6.45) is 6.95. The van der Waals surface area contributed by atoms with Gasteiger partial charge in [-0.25, -0.2) is 4.98 Å². The molecule has 0 radical (unpaired) electrons. The van der Waals surface area contributed by atoms with Crippen LogP contribution in [0.5, 0.6) is 0 Å². The van der Waals surface area contributed by atoms with Gasteiger partial charge >= 0.3 is 0 Å². The van der Waals surface area contributed by atoms with Crippen LogP contribution in [0.3, 0.4) is 0 Å². The molecule has 0 spiro atoms. The lowest BCUT2D eigenvalue weighted by Gasteiger charge is -2.11. The molecule has 0 aliphatic rings. The molecule has 5 nitrogen and oxygen atoms in total. The second-order valence-corrected chi connectivity index (χ2v) is 3.95. The average Bonchev–Trinajstić information content (AvgIpc) is 2.38. The van der Waals surface area contributed by atoms with E-state index < -0.39 is 0 Å². The molecule has 4 N–H and O–H groups in total. The molecular formula is C14H13N5. The van der Waals surface area contributed by atoms with Crippen molar-refractivity contribution in [3.63, 3.8) is 0 Å². The highest BCUT2D eigenvalue weighted by molar-refractivity contribution is 6.02. The fourth-order valence-electron chi connectivity index (χ4n) is 1.65. The van der Waals surface area contributed by atoms with E-state index in [1.807, 2.05) is 6.07 Å². The molecule has 94 valence electrons. The van der Waals surface area contributed by atoms with Crippen molar-refractivity contribution in [3.8, 4) is 12.3 Å². The Kier molecular flexibility index (Phi) is 3.44. The molecule has 1 aromatic carbocycles. The quantitative estimate of drug-likeness (QED) is 0.576. The molecular weight excluding hydrogens is 238 g/mol. The van der Waals surface area contributed by atoms with E-state index in [-0.39, 0.29) is 5.95 Å². The smallest absolute Gasteiger partial charge is 0.221 e. The van der Waals surface area contributed by atoms with Crippen LogP contribution in [-0.4, -0.2) is 15.7 Å². The number of hydrogen-bond donors (Lipinski definition) is 3. The monoisotopic (exact) mass is 251 g/mol. The van der Waals surface area contributed by atoms with Crippen molar-refractivity contribution in [2.75, 3.05) is 11.1 Å². The summed E-state index contributed by atoms with van der Waals surface area (Å²) in [5.41, 5.74) is 8.18. The molecule has 0 amide bonds. The van der Waals surface area contributed by atoms with Crippen LogP contribution >= 0.6 is 0 Å². The maximum absolute atomic E-state index is 7.76. The highest BCUT2D eigenvalue weighted by atomic mass is 15.1. The molecule has 0 bridgehead atoms. The van der Waals surface area contributed by atoms with Gasteiger partial charge in [0, 0.05) is 28.7 Å². The molecule has 0 aliphatic heterocycles. The summed E-state index contributed by atoms with van der Waals surface area (Å²) in [6, 6.07) is 7.10. The minimum absolute atomic E-state index is 0.186. The largest absolute Gasteiger partial charge is 0.368 e. The standard InChI is InChI=1S/C14H13N5/c1-3-10-4-5-11(9(2)15)12(8-10)18-13-6-7-17-14(16)19-13/h1,4-8,15H,2H3,(H3,16,17,18,19). The van der Waals surface area contributed by atoms with Gasteiger partial charge in [-0.2, -0.15) is 4.98 Å². The zero-order chi connectivity index (χ0) is 13.8. The van der Waals surface area contributed by atoms with Crippen molar-refractivity contribution in [2.24, 2.45) is 0 Å². The number of aromatic nitrogens is 2. The highest BCUT2D eigenvalue weighted by Gasteiger charge is 2.07. The molecule has 0 unspecified atom stereocenters. The average molecular weight is 251 g/mol. The number of rotatable bonds is 3. The summed E-state index contributed by atoms with van der Waals surface area (Å²) < 4.78 is 0. The van der Waals surface area contributed by atoms with Gasteiger partial charge in [0.05, 0.1) is 0 Å². The summed E-state index contributed by atoms with van der Waals surface area (Å²) in [5, 5.41) is 10.9. The summed E-state index contributed by atoms with van der Waals surface area (Å²) in [7, 11) is 0. The topological polar surface area (TPSA) is 87.7 Å². The zero-order valence-corrected chi connectivity index (χ0v) is 10.4. The Labute approximate surface area is 111 Å². The van der Waals surface area contributed by atoms with E-state index in [9.17, 15) is 0 Å². The first-order valence-corrected chi connectivity index (χ1v) is 5.62. The van der Waals surface area contributed by atoms with Crippen LogP contribution in [0.1, 0.15) is 18.1 Å². The van der Waals surface area contributed by atoms with Gasteiger partial charge < -0.3 is 16.5 Å². The third-order valence-corrected chi connectivity index (χ3v) is 2.53. The Morgan fingerprint density at radius 2 is 2.21 bits per heavy atom. The lowest BCUT2D eigenvalue weighted by atomic mass is 10.1. The number of anilines is 3.